The van der Waals surface area contributed by atoms with Crippen molar-refractivity contribution >= 4 is 28.9 Å². The highest BCUT2D eigenvalue weighted by molar-refractivity contribution is 7.80. The van der Waals surface area contributed by atoms with Gasteiger partial charge in [0, 0.05) is 30.3 Å². The van der Waals surface area contributed by atoms with Gasteiger partial charge in [-0.2, -0.15) is 0 Å². The Kier molecular flexibility index (Phi) is 4.85. The minimum atomic E-state index is -0.0398. The lowest BCUT2D eigenvalue weighted by atomic mass is 10.0. The molecule has 0 saturated carbocycles. The predicted octanol–water partition coefficient (Wildman–Crippen LogP) is 4.30. The van der Waals surface area contributed by atoms with Gasteiger partial charge < -0.3 is 14.8 Å². The van der Waals surface area contributed by atoms with E-state index in [1.165, 1.54) is 0 Å². The quantitative estimate of drug-likeness (QED) is 0.665. The van der Waals surface area contributed by atoms with Gasteiger partial charge in [-0.05, 0) is 62.5 Å². The number of rotatable bonds is 4. The number of aromatic nitrogens is 3. The molecule has 0 bridgehead atoms. The first-order valence-corrected chi connectivity index (χ1v) is 9.64. The van der Waals surface area contributed by atoms with Crippen molar-refractivity contribution in [3.05, 3.63) is 77.5 Å². The zero-order valence-corrected chi connectivity index (χ0v) is 16.7. The van der Waals surface area contributed by atoms with Gasteiger partial charge >= 0.3 is 0 Å². The third-order valence-electron chi connectivity index (χ3n) is 4.73. The summed E-state index contributed by atoms with van der Waals surface area (Å²) in [4.78, 5) is 11.3. The first kappa shape index (κ1) is 17.9. The molecule has 1 N–H and O–H groups in total. The van der Waals surface area contributed by atoms with Gasteiger partial charge in [-0.25, -0.2) is 4.98 Å². The molecule has 5 nitrogen and oxygen atoms in total. The number of thiocarbonyl (C=S) groups is 1. The van der Waals surface area contributed by atoms with Crippen LogP contribution in [-0.2, 0) is 0 Å². The van der Waals surface area contributed by atoms with Crippen molar-refractivity contribution in [1.29, 1.82) is 0 Å². The van der Waals surface area contributed by atoms with E-state index in [1.807, 2.05) is 48.8 Å². The summed E-state index contributed by atoms with van der Waals surface area (Å²) >= 11 is 11.7. The normalized spacial score (nSPS) is 19.6. The molecule has 0 radical (unpaired) electrons. The van der Waals surface area contributed by atoms with Crippen molar-refractivity contribution < 1.29 is 0 Å². The maximum absolute atomic E-state index is 6.01. The number of nitrogens with zero attached hydrogens (tertiary/aromatic N) is 4. The second-order valence-electron chi connectivity index (χ2n) is 6.77. The van der Waals surface area contributed by atoms with Crippen LogP contribution in [0.3, 0.4) is 0 Å². The molecule has 0 unspecified atom stereocenters. The molecule has 0 spiro atoms. The molecule has 1 saturated heterocycles. The van der Waals surface area contributed by atoms with E-state index in [0.29, 0.717) is 5.02 Å². The highest BCUT2D eigenvalue weighted by Gasteiger charge is 2.42. The molecule has 0 amide bonds. The molecule has 4 heterocycles. The molecule has 0 aliphatic carbocycles. The van der Waals surface area contributed by atoms with Gasteiger partial charge in [0.15, 0.2) is 5.11 Å². The van der Waals surface area contributed by atoms with Gasteiger partial charge in [-0.1, -0.05) is 17.7 Å². The lowest BCUT2D eigenvalue weighted by Crippen LogP contribution is -2.36. The van der Waals surface area contributed by atoms with E-state index in [9.17, 15) is 0 Å². The first-order valence-electron chi connectivity index (χ1n) is 8.85. The van der Waals surface area contributed by atoms with Gasteiger partial charge in [0.05, 0.1) is 22.8 Å². The minimum absolute atomic E-state index is 0.000113. The molecule has 3 aromatic rings. The summed E-state index contributed by atoms with van der Waals surface area (Å²) < 4.78 is 2.09. The summed E-state index contributed by atoms with van der Waals surface area (Å²) in [5, 5.41) is 4.82. The van der Waals surface area contributed by atoms with Gasteiger partial charge in [-0.15, -0.1) is 0 Å². The minimum Gasteiger partial charge on any atom is -0.352 e. The topological polar surface area (TPSA) is 46.0 Å². The molecule has 3 aromatic heterocycles. The van der Waals surface area contributed by atoms with Crippen LogP contribution in [-0.4, -0.2) is 30.6 Å². The highest BCUT2D eigenvalue weighted by Crippen LogP contribution is 2.40. The van der Waals surface area contributed by atoms with Gasteiger partial charge in [-0.3, -0.25) is 4.98 Å². The zero-order valence-electron chi connectivity index (χ0n) is 15.1. The van der Waals surface area contributed by atoms with Crippen LogP contribution in [0.5, 0.6) is 0 Å². The fourth-order valence-corrected chi connectivity index (χ4v) is 4.16. The van der Waals surface area contributed by atoms with E-state index in [2.05, 4.69) is 44.7 Å². The lowest BCUT2D eigenvalue weighted by molar-refractivity contribution is 0.262. The molecule has 138 valence electrons. The summed E-state index contributed by atoms with van der Waals surface area (Å²) in [6, 6.07) is 14.1. The highest BCUT2D eigenvalue weighted by atomic mass is 35.5. The Balaban J connectivity index is 1.82. The smallest absolute Gasteiger partial charge is 0.170 e. The lowest BCUT2D eigenvalue weighted by Gasteiger charge is -2.31. The van der Waals surface area contributed by atoms with Crippen LogP contribution in [0.25, 0.3) is 5.82 Å². The summed E-state index contributed by atoms with van der Waals surface area (Å²) in [6.07, 6.45) is 5.49. The Morgan fingerprint density at radius 3 is 2.63 bits per heavy atom. The SMILES string of the molecule is CC(C)N1C(=S)N[C@H](c2ccccn2)[C@H]1c1cccn1-c1ccc(Cl)cn1. The molecular weight excluding hydrogens is 378 g/mol. The van der Waals surface area contributed by atoms with E-state index in [1.54, 1.807) is 6.20 Å². The predicted molar refractivity (Wildman–Crippen MR) is 111 cm³/mol. The molecular formula is C20H20ClN5S. The standard InChI is InChI=1S/C20H20ClN5S/c1-13(2)26-19(18(24-20(26)27)15-6-3-4-10-22-15)16-7-5-11-25(16)17-9-8-14(21)12-23-17/h3-13,18-19H,1-2H3,(H,24,27)/t18-,19-/m1/s1. The van der Waals surface area contributed by atoms with Gasteiger partial charge in [0.1, 0.15) is 5.82 Å². The number of hydrogen-bond donors (Lipinski definition) is 1. The number of hydrogen-bond acceptors (Lipinski definition) is 3. The van der Waals surface area contributed by atoms with Crippen LogP contribution in [0.1, 0.15) is 37.3 Å². The van der Waals surface area contributed by atoms with Crippen LogP contribution in [0.4, 0.5) is 0 Å². The average molecular weight is 398 g/mol. The second kappa shape index (κ2) is 7.29. The Labute approximate surface area is 169 Å². The first-order chi connectivity index (χ1) is 13.1. The summed E-state index contributed by atoms with van der Waals surface area (Å²) in [5.41, 5.74) is 2.06. The Bertz CT molecular complexity index is 939. The van der Waals surface area contributed by atoms with E-state index in [4.69, 9.17) is 23.8 Å². The monoisotopic (exact) mass is 397 g/mol. The van der Waals surface area contributed by atoms with E-state index in [-0.39, 0.29) is 18.1 Å². The Hall–Kier alpha value is -2.44. The number of pyridine rings is 2. The van der Waals surface area contributed by atoms with E-state index >= 15 is 0 Å². The van der Waals surface area contributed by atoms with Crippen LogP contribution in [0, 0.1) is 0 Å². The zero-order chi connectivity index (χ0) is 19.0. The third kappa shape index (κ3) is 3.31. The third-order valence-corrected chi connectivity index (χ3v) is 5.29. The van der Waals surface area contributed by atoms with Crippen LogP contribution in [0.2, 0.25) is 5.02 Å². The molecule has 1 aliphatic rings. The Morgan fingerprint density at radius 1 is 1.11 bits per heavy atom. The van der Waals surface area contributed by atoms with Crippen LogP contribution in [0.15, 0.2) is 61.1 Å². The van der Waals surface area contributed by atoms with Gasteiger partial charge in [0.2, 0.25) is 0 Å². The van der Waals surface area contributed by atoms with Crippen molar-refractivity contribution in [2.45, 2.75) is 32.0 Å². The van der Waals surface area contributed by atoms with Crippen LogP contribution >= 0.6 is 23.8 Å². The van der Waals surface area contributed by atoms with E-state index in [0.717, 1.165) is 22.3 Å². The molecule has 1 aliphatic heterocycles. The van der Waals surface area contributed by atoms with Crippen molar-refractivity contribution in [2.24, 2.45) is 0 Å². The molecule has 7 heteroatoms. The fourth-order valence-electron chi connectivity index (χ4n) is 3.59. The van der Waals surface area contributed by atoms with Crippen molar-refractivity contribution in [3.8, 4) is 5.82 Å². The Morgan fingerprint density at radius 2 is 1.96 bits per heavy atom. The average Bonchev–Trinajstić information content (AvgIpc) is 3.27. The summed E-state index contributed by atoms with van der Waals surface area (Å²) in [5.74, 6) is 0.820. The fraction of sp³-hybridized carbons (Fsp3) is 0.250. The number of nitrogens with one attached hydrogen (secondary N) is 1. The van der Waals surface area contributed by atoms with E-state index < -0.39 is 0 Å². The summed E-state index contributed by atoms with van der Waals surface area (Å²) in [7, 11) is 0. The summed E-state index contributed by atoms with van der Waals surface area (Å²) in [6.45, 7) is 4.30. The molecule has 27 heavy (non-hydrogen) atoms. The molecule has 2 atom stereocenters. The van der Waals surface area contributed by atoms with Crippen molar-refractivity contribution in [2.75, 3.05) is 0 Å². The second-order valence-corrected chi connectivity index (χ2v) is 7.59. The maximum Gasteiger partial charge on any atom is 0.170 e. The van der Waals surface area contributed by atoms with Gasteiger partial charge in [0.25, 0.3) is 0 Å². The maximum atomic E-state index is 6.01. The molecule has 0 aromatic carbocycles. The molecule has 4 rings (SSSR count). The van der Waals surface area contributed by atoms with Crippen LogP contribution < -0.4 is 5.32 Å². The largest absolute Gasteiger partial charge is 0.352 e. The van der Waals surface area contributed by atoms with Crippen molar-refractivity contribution in [3.63, 3.8) is 0 Å². The molecule has 1 fully saturated rings. The van der Waals surface area contributed by atoms with Crippen molar-refractivity contribution in [1.82, 2.24) is 24.8 Å². The number of halogens is 1.